The molecule has 0 unspecified atom stereocenters. The van der Waals surface area contributed by atoms with Crippen molar-refractivity contribution in [2.75, 3.05) is 17.2 Å². The molecule has 0 aliphatic rings. The molecule has 0 saturated carbocycles. The van der Waals surface area contributed by atoms with Gasteiger partial charge in [0.15, 0.2) is 0 Å². The fourth-order valence-corrected chi connectivity index (χ4v) is 2.50. The summed E-state index contributed by atoms with van der Waals surface area (Å²) in [5.41, 5.74) is 2.25. The Morgan fingerprint density at radius 1 is 1.07 bits per heavy atom. The SMILES string of the molecule is CCOc1ccc(NC(=O)c2cncc(NCc3ccccc3F)c2)cc1. The number of pyridine rings is 1. The topological polar surface area (TPSA) is 63.2 Å². The smallest absolute Gasteiger partial charge is 0.257 e. The first-order chi connectivity index (χ1) is 13.2. The van der Waals surface area contributed by atoms with Gasteiger partial charge in [-0.3, -0.25) is 9.78 Å². The van der Waals surface area contributed by atoms with Crippen molar-refractivity contribution < 1.29 is 13.9 Å². The molecule has 0 radical (unpaired) electrons. The van der Waals surface area contributed by atoms with Crippen LogP contribution < -0.4 is 15.4 Å². The minimum atomic E-state index is -0.277. The summed E-state index contributed by atoms with van der Waals surface area (Å²) in [4.78, 5) is 16.5. The van der Waals surface area contributed by atoms with Crippen molar-refractivity contribution in [3.05, 3.63) is 83.9 Å². The molecule has 1 amide bonds. The second-order valence-electron chi connectivity index (χ2n) is 5.82. The van der Waals surface area contributed by atoms with Gasteiger partial charge in [-0.15, -0.1) is 0 Å². The number of hydrogen-bond donors (Lipinski definition) is 2. The molecule has 2 aromatic carbocycles. The minimum Gasteiger partial charge on any atom is -0.494 e. The lowest BCUT2D eigenvalue weighted by molar-refractivity contribution is 0.102. The van der Waals surface area contributed by atoms with Gasteiger partial charge in [0, 0.05) is 30.2 Å². The van der Waals surface area contributed by atoms with Gasteiger partial charge >= 0.3 is 0 Å². The summed E-state index contributed by atoms with van der Waals surface area (Å²) in [5.74, 6) is 0.195. The van der Waals surface area contributed by atoms with Crippen LogP contribution in [0.5, 0.6) is 5.75 Å². The largest absolute Gasteiger partial charge is 0.494 e. The van der Waals surface area contributed by atoms with E-state index in [1.54, 1.807) is 54.7 Å². The van der Waals surface area contributed by atoms with Crippen LogP contribution in [0, 0.1) is 5.82 Å². The third kappa shape index (κ3) is 5.04. The number of amides is 1. The number of hydrogen-bond acceptors (Lipinski definition) is 4. The van der Waals surface area contributed by atoms with Crippen molar-refractivity contribution in [3.8, 4) is 5.75 Å². The van der Waals surface area contributed by atoms with Crippen LogP contribution in [0.4, 0.5) is 15.8 Å². The molecule has 3 rings (SSSR count). The van der Waals surface area contributed by atoms with E-state index in [0.717, 1.165) is 5.75 Å². The standard InChI is InChI=1S/C21H20FN3O2/c1-2-27-19-9-7-17(8-10-19)25-21(26)16-11-18(14-23-12-16)24-13-15-5-3-4-6-20(15)22/h3-12,14,24H,2,13H2,1H3,(H,25,26). The monoisotopic (exact) mass is 365 g/mol. The number of aromatic nitrogens is 1. The summed E-state index contributed by atoms with van der Waals surface area (Å²) in [6, 6.07) is 15.4. The van der Waals surface area contributed by atoms with E-state index >= 15 is 0 Å². The van der Waals surface area contributed by atoms with Gasteiger partial charge < -0.3 is 15.4 Å². The van der Waals surface area contributed by atoms with Gasteiger partial charge in [-0.25, -0.2) is 4.39 Å². The van der Waals surface area contributed by atoms with Gasteiger partial charge in [-0.2, -0.15) is 0 Å². The molecule has 5 nitrogen and oxygen atoms in total. The highest BCUT2D eigenvalue weighted by molar-refractivity contribution is 6.04. The van der Waals surface area contributed by atoms with Crippen molar-refractivity contribution in [3.63, 3.8) is 0 Å². The highest BCUT2D eigenvalue weighted by Crippen LogP contribution is 2.17. The molecule has 27 heavy (non-hydrogen) atoms. The van der Waals surface area contributed by atoms with E-state index in [0.29, 0.717) is 35.7 Å². The maximum Gasteiger partial charge on any atom is 0.257 e. The molecule has 1 heterocycles. The summed E-state index contributed by atoms with van der Waals surface area (Å²) in [5, 5.41) is 5.90. The van der Waals surface area contributed by atoms with Crippen LogP contribution in [0.2, 0.25) is 0 Å². The second-order valence-corrected chi connectivity index (χ2v) is 5.82. The van der Waals surface area contributed by atoms with Crippen LogP contribution in [0.1, 0.15) is 22.8 Å². The zero-order valence-corrected chi connectivity index (χ0v) is 14.9. The lowest BCUT2D eigenvalue weighted by atomic mass is 10.2. The number of ether oxygens (including phenoxy) is 1. The lowest BCUT2D eigenvalue weighted by Gasteiger charge is -2.10. The molecule has 0 fully saturated rings. The highest BCUT2D eigenvalue weighted by atomic mass is 19.1. The summed E-state index contributed by atoms with van der Waals surface area (Å²) >= 11 is 0. The maximum absolute atomic E-state index is 13.7. The molecule has 0 aliphatic carbocycles. The first-order valence-electron chi connectivity index (χ1n) is 8.62. The Kier molecular flexibility index (Phi) is 5.99. The summed E-state index contributed by atoms with van der Waals surface area (Å²) in [6.07, 6.45) is 3.08. The number of carbonyl (C=O) groups is 1. The van der Waals surface area contributed by atoms with E-state index in [1.165, 1.54) is 12.3 Å². The van der Waals surface area contributed by atoms with E-state index in [-0.39, 0.29) is 11.7 Å². The molecule has 6 heteroatoms. The Morgan fingerprint density at radius 3 is 2.59 bits per heavy atom. The predicted molar refractivity (Wildman–Crippen MR) is 104 cm³/mol. The first-order valence-corrected chi connectivity index (χ1v) is 8.62. The third-order valence-corrected chi connectivity index (χ3v) is 3.86. The first kappa shape index (κ1) is 18.4. The molecule has 0 saturated heterocycles. The molecular weight excluding hydrogens is 345 g/mol. The van der Waals surface area contributed by atoms with Gasteiger partial charge in [0.05, 0.1) is 17.9 Å². The second kappa shape index (κ2) is 8.80. The molecule has 2 N–H and O–H groups in total. The van der Waals surface area contributed by atoms with Crippen molar-refractivity contribution >= 4 is 17.3 Å². The summed E-state index contributed by atoms with van der Waals surface area (Å²) in [6.45, 7) is 2.80. The van der Waals surface area contributed by atoms with Crippen LogP contribution in [-0.4, -0.2) is 17.5 Å². The zero-order chi connectivity index (χ0) is 19.1. The van der Waals surface area contributed by atoms with Gasteiger partial charge in [0.2, 0.25) is 0 Å². The Balaban J connectivity index is 1.63. The van der Waals surface area contributed by atoms with Crippen molar-refractivity contribution in [2.45, 2.75) is 13.5 Å². The molecule has 0 aliphatic heterocycles. The van der Waals surface area contributed by atoms with Gasteiger partial charge in [0.25, 0.3) is 5.91 Å². The molecule has 1 aromatic heterocycles. The molecule has 0 spiro atoms. The van der Waals surface area contributed by atoms with Crippen LogP contribution in [0.25, 0.3) is 0 Å². The van der Waals surface area contributed by atoms with Gasteiger partial charge in [-0.1, -0.05) is 18.2 Å². The maximum atomic E-state index is 13.7. The van der Waals surface area contributed by atoms with Crippen molar-refractivity contribution in [1.82, 2.24) is 4.98 Å². The predicted octanol–water partition coefficient (Wildman–Crippen LogP) is 4.48. The number of halogens is 1. The minimum absolute atomic E-state index is 0.276. The van der Waals surface area contributed by atoms with Crippen molar-refractivity contribution in [2.24, 2.45) is 0 Å². The lowest BCUT2D eigenvalue weighted by Crippen LogP contribution is -2.13. The average Bonchev–Trinajstić information content (AvgIpc) is 2.69. The normalized spacial score (nSPS) is 10.3. The average molecular weight is 365 g/mol. The highest BCUT2D eigenvalue weighted by Gasteiger charge is 2.08. The number of nitrogens with one attached hydrogen (secondary N) is 2. The molecular formula is C21H20FN3O2. The Morgan fingerprint density at radius 2 is 1.85 bits per heavy atom. The van der Waals surface area contributed by atoms with E-state index in [1.807, 2.05) is 6.92 Å². The quantitative estimate of drug-likeness (QED) is 0.648. The number of benzene rings is 2. The van der Waals surface area contributed by atoms with Crippen LogP contribution >= 0.6 is 0 Å². The number of anilines is 2. The van der Waals surface area contributed by atoms with Crippen molar-refractivity contribution in [1.29, 1.82) is 0 Å². The van der Waals surface area contributed by atoms with Crippen LogP contribution in [0.15, 0.2) is 67.0 Å². The molecule has 138 valence electrons. The summed E-state index contributed by atoms with van der Waals surface area (Å²) < 4.78 is 19.1. The Bertz CT molecular complexity index is 913. The number of carbonyl (C=O) groups excluding carboxylic acids is 1. The molecule has 0 bridgehead atoms. The molecule has 0 atom stereocenters. The molecule has 3 aromatic rings. The van der Waals surface area contributed by atoms with E-state index < -0.39 is 0 Å². The third-order valence-electron chi connectivity index (χ3n) is 3.86. The van der Waals surface area contributed by atoms with E-state index in [9.17, 15) is 9.18 Å². The zero-order valence-electron chi connectivity index (χ0n) is 14.9. The fourth-order valence-electron chi connectivity index (χ4n) is 2.50. The van der Waals surface area contributed by atoms with Crippen LogP contribution in [0.3, 0.4) is 0 Å². The van der Waals surface area contributed by atoms with E-state index in [4.69, 9.17) is 4.74 Å². The van der Waals surface area contributed by atoms with Crippen LogP contribution in [-0.2, 0) is 6.54 Å². The summed E-state index contributed by atoms with van der Waals surface area (Å²) in [7, 11) is 0. The fraction of sp³-hybridized carbons (Fsp3) is 0.143. The number of rotatable bonds is 7. The van der Waals surface area contributed by atoms with Gasteiger partial charge in [0.1, 0.15) is 11.6 Å². The Labute approximate surface area is 157 Å². The van der Waals surface area contributed by atoms with Gasteiger partial charge in [-0.05, 0) is 43.3 Å². The van der Waals surface area contributed by atoms with E-state index in [2.05, 4.69) is 15.6 Å². The Hall–Kier alpha value is -3.41. The number of nitrogens with zero attached hydrogens (tertiary/aromatic N) is 1.